The van der Waals surface area contributed by atoms with Gasteiger partial charge in [0.2, 0.25) is 0 Å². The van der Waals surface area contributed by atoms with E-state index >= 15 is 0 Å². The molecule has 2 aliphatic carbocycles. The summed E-state index contributed by atoms with van der Waals surface area (Å²) in [5.74, 6) is 1.27. The molecule has 1 aromatic carbocycles. The van der Waals surface area contributed by atoms with E-state index in [-0.39, 0.29) is 0 Å². The lowest BCUT2D eigenvalue weighted by molar-refractivity contribution is -0.892. The van der Waals surface area contributed by atoms with Gasteiger partial charge in [0.25, 0.3) is 5.91 Å². The van der Waals surface area contributed by atoms with E-state index in [1.165, 1.54) is 36.3 Å². The number of quaternary nitrogens is 1. The lowest BCUT2D eigenvalue weighted by Crippen LogP contribution is -3.15. The highest BCUT2D eigenvalue weighted by atomic mass is 16.5. The summed E-state index contributed by atoms with van der Waals surface area (Å²) in [6.45, 7) is 4.57. The molecule has 1 heterocycles. The minimum atomic E-state index is 0.339. The number of hydrogen-bond acceptors (Lipinski definition) is 3. The van der Waals surface area contributed by atoms with Crippen molar-refractivity contribution >= 4 is 11.6 Å². The van der Waals surface area contributed by atoms with Gasteiger partial charge < -0.3 is 19.4 Å². The zero-order chi connectivity index (χ0) is 18.6. The number of piperazine rings is 1. The smallest absolute Gasteiger partial charge is 0.282 e. The molecule has 0 unspecified atom stereocenters. The van der Waals surface area contributed by atoms with Crippen molar-refractivity contribution < 1.29 is 14.4 Å². The van der Waals surface area contributed by atoms with Gasteiger partial charge in [-0.1, -0.05) is 18.2 Å². The Kier molecular flexibility index (Phi) is 5.67. The number of nitrogens with one attached hydrogen (secondary N) is 1. The minimum Gasteiger partial charge on any atom is -0.495 e. The second-order valence-corrected chi connectivity index (χ2v) is 8.02. The van der Waals surface area contributed by atoms with E-state index in [1.54, 1.807) is 7.11 Å². The number of rotatable bonds is 6. The summed E-state index contributed by atoms with van der Waals surface area (Å²) in [6, 6.07) is 8.69. The van der Waals surface area contributed by atoms with Gasteiger partial charge >= 0.3 is 0 Å². The number of ether oxygens (including phenoxy) is 1. The molecule has 146 valence electrons. The van der Waals surface area contributed by atoms with Gasteiger partial charge in [0.05, 0.1) is 39.0 Å². The Morgan fingerprint density at radius 1 is 1.22 bits per heavy atom. The van der Waals surface area contributed by atoms with Crippen molar-refractivity contribution in [2.75, 3.05) is 44.7 Å². The van der Waals surface area contributed by atoms with Crippen LogP contribution in [0.4, 0.5) is 5.69 Å². The predicted octanol–water partition coefficient (Wildman–Crippen LogP) is 1.85. The fourth-order valence-corrected chi connectivity index (χ4v) is 4.40. The third-order valence-corrected chi connectivity index (χ3v) is 6.05. The van der Waals surface area contributed by atoms with Crippen LogP contribution >= 0.6 is 0 Å². The largest absolute Gasteiger partial charge is 0.495 e. The van der Waals surface area contributed by atoms with Crippen LogP contribution in [-0.4, -0.2) is 56.7 Å². The number of amides is 1. The van der Waals surface area contributed by atoms with Crippen LogP contribution in [0, 0.1) is 0 Å². The number of anilines is 1. The topological polar surface area (TPSA) is 37.2 Å². The predicted molar refractivity (Wildman–Crippen MR) is 107 cm³/mol. The quantitative estimate of drug-likeness (QED) is 0.830. The summed E-state index contributed by atoms with van der Waals surface area (Å²) in [6.07, 6.45) is 9.39. The molecule has 2 fully saturated rings. The average molecular weight is 371 g/mol. The van der Waals surface area contributed by atoms with Gasteiger partial charge in [-0.2, -0.15) is 0 Å². The van der Waals surface area contributed by atoms with Crippen LogP contribution in [0.1, 0.15) is 38.5 Å². The van der Waals surface area contributed by atoms with E-state index < -0.39 is 0 Å². The van der Waals surface area contributed by atoms with Crippen LogP contribution in [0.2, 0.25) is 0 Å². The van der Waals surface area contributed by atoms with E-state index in [0.717, 1.165) is 50.5 Å². The highest BCUT2D eigenvalue weighted by molar-refractivity contribution is 5.79. The SMILES string of the molecule is COc1ccccc1N1CC[NH+](CC(=O)N(C2=CCCCC2)C2CC2)CC1. The number of benzene rings is 1. The Morgan fingerprint density at radius 3 is 2.67 bits per heavy atom. The first-order valence-electron chi connectivity index (χ1n) is 10.5. The number of para-hydroxylation sites is 2. The standard InChI is InChI=1S/C22H31N3O2/c1-27-21-10-6-5-9-20(21)24-15-13-23(14-16-24)17-22(26)25(19-11-12-19)18-7-3-2-4-8-18/h5-7,9-10,19H,2-4,8,11-17H2,1H3/p+1. The van der Waals surface area contributed by atoms with Crippen LogP contribution in [-0.2, 0) is 4.79 Å². The highest BCUT2D eigenvalue weighted by Crippen LogP contribution is 2.33. The molecule has 0 aromatic heterocycles. The second-order valence-electron chi connectivity index (χ2n) is 8.02. The number of allylic oxidation sites excluding steroid dienone is 2. The molecule has 1 saturated carbocycles. The summed E-state index contributed by atoms with van der Waals surface area (Å²) in [4.78, 5) is 19.0. The maximum atomic E-state index is 13.1. The first kappa shape index (κ1) is 18.4. The summed E-state index contributed by atoms with van der Waals surface area (Å²) < 4.78 is 5.51. The third kappa shape index (κ3) is 4.29. The van der Waals surface area contributed by atoms with Gasteiger partial charge in [-0.05, 0) is 50.7 Å². The molecule has 5 heteroatoms. The molecule has 0 radical (unpaired) electrons. The molecule has 4 rings (SSSR count). The number of carbonyl (C=O) groups excluding carboxylic acids is 1. The Labute approximate surface area is 162 Å². The van der Waals surface area contributed by atoms with Crippen molar-refractivity contribution in [3.63, 3.8) is 0 Å². The van der Waals surface area contributed by atoms with Gasteiger partial charge in [0.1, 0.15) is 5.75 Å². The fraction of sp³-hybridized carbons (Fsp3) is 0.591. The van der Waals surface area contributed by atoms with Crippen LogP contribution in [0.25, 0.3) is 0 Å². The Hall–Kier alpha value is -2.01. The molecule has 0 spiro atoms. The summed E-state index contributed by atoms with van der Waals surface area (Å²) in [5.41, 5.74) is 2.47. The molecule has 0 bridgehead atoms. The molecule has 1 aromatic rings. The number of carbonyl (C=O) groups is 1. The lowest BCUT2D eigenvalue weighted by atomic mass is 10.0. The van der Waals surface area contributed by atoms with E-state index in [1.807, 2.05) is 12.1 Å². The monoisotopic (exact) mass is 370 g/mol. The first-order chi connectivity index (χ1) is 13.3. The molecular formula is C22H32N3O2+. The van der Waals surface area contributed by atoms with Crippen LogP contribution < -0.4 is 14.5 Å². The van der Waals surface area contributed by atoms with E-state index in [4.69, 9.17) is 4.74 Å². The molecular weight excluding hydrogens is 338 g/mol. The third-order valence-electron chi connectivity index (χ3n) is 6.05. The first-order valence-corrected chi connectivity index (χ1v) is 10.5. The van der Waals surface area contributed by atoms with Crippen molar-refractivity contribution in [3.05, 3.63) is 36.0 Å². The van der Waals surface area contributed by atoms with Gasteiger partial charge in [-0.15, -0.1) is 0 Å². The summed E-state index contributed by atoms with van der Waals surface area (Å²) >= 11 is 0. The number of nitrogens with zero attached hydrogens (tertiary/aromatic N) is 2. The second kappa shape index (κ2) is 8.34. The van der Waals surface area contributed by atoms with Gasteiger partial charge in [0.15, 0.2) is 6.54 Å². The normalized spacial score (nSPS) is 20.9. The van der Waals surface area contributed by atoms with Crippen LogP contribution in [0.3, 0.4) is 0 Å². The molecule has 1 saturated heterocycles. The molecule has 1 aliphatic heterocycles. The Balaban J connectivity index is 1.34. The summed E-state index contributed by atoms with van der Waals surface area (Å²) in [7, 11) is 1.73. The van der Waals surface area contributed by atoms with Crippen LogP contribution in [0.5, 0.6) is 5.75 Å². The maximum absolute atomic E-state index is 13.1. The molecule has 0 atom stereocenters. The lowest BCUT2D eigenvalue weighted by Gasteiger charge is -2.35. The van der Waals surface area contributed by atoms with Gasteiger partial charge in [0, 0.05) is 11.7 Å². The zero-order valence-electron chi connectivity index (χ0n) is 16.5. The minimum absolute atomic E-state index is 0.339. The highest BCUT2D eigenvalue weighted by Gasteiger charge is 2.37. The van der Waals surface area contributed by atoms with E-state index in [2.05, 4.69) is 28.0 Å². The van der Waals surface area contributed by atoms with Crippen molar-refractivity contribution in [1.29, 1.82) is 0 Å². The van der Waals surface area contributed by atoms with Crippen molar-refractivity contribution in [1.82, 2.24) is 4.90 Å². The fourth-order valence-electron chi connectivity index (χ4n) is 4.40. The molecule has 1 N–H and O–H groups in total. The van der Waals surface area contributed by atoms with Crippen LogP contribution in [0.15, 0.2) is 36.0 Å². The molecule has 5 nitrogen and oxygen atoms in total. The zero-order valence-corrected chi connectivity index (χ0v) is 16.5. The van der Waals surface area contributed by atoms with Gasteiger partial charge in [-0.3, -0.25) is 4.79 Å². The number of methoxy groups -OCH3 is 1. The van der Waals surface area contributed by atoms with Crippen molar-refractivity contribution in [3.8, 4) is 5.75 Å². The Bertz CT molecular complexity index is 691. The van der Waals surface area contributed by atoms with Gasteiger partial charge in [-0.25, -0.2) is 0 Å². The summed E-state index contributed by atoms with van der Waals surface area (Å²) in [5, 5.41) is 0. The van der Waals surface area contributed by atoms with Crippen molar-refractivity contribution in [2.24, 2.45) is 0 Å². The van der Waals surface area contributed by atoms with E-state index in [9.17, 15) is 4.79 Å². The number of hydrogen-bond donors (Lipinski definition) is 1. The van der Waals surface area contributed by atoms with E-state index in [0.29, 0.717) is 18.5 Å². The molecule has 1 amide bonds. The molecule has 3 aliphatic rings. The van der Waals surface area contributed by atoms with Crippen molar-refractivity contribution in [2.45, 2.75) is 44.6 Å². The average Bonchev–Trinajstić information content (AvgIpc) is 3.54. The maximum Gasteiger partial charge on any atom is 0.282 e. The molecule has 27 heavy (non-hydrogen) atoms. The Morgan fingerprint density at radius 2 is 2.00 bits per heavy atom.